The van der Waals surface area contributed by atoms with Crippen LogP contribution in [0.5, 0.6) is 0 Å². The van der Waals surface area contributed by atoms with Gasteiger partial charge in [-0.15, -0.1) is 0 Å². The Bertz CT molecular complexity index is 244. The molecule has 2 amide bonds. The van der Waals surface area contributed by atoms with Gasteiger partial charge in [0.05, 0.1) is 6.54 Å². The van der Waals surface area contributed by atoms with Crippen molar-refractivity contribution in [2.24, 2.45) is 0 Å². The summed E-state index contributed by atoms with van der Waals surface area (Å²) >= 11 is 0. The molecule has 0 radical (unpaired) electrons. The van der Waals surface area contributed by atoms with Crippen molar-refractivity contribution >= 4 is 11.8 Å². The van der Waals surface area contributed by atoms with E-state index in [-0.39, 0.29) is 23.9 Å². The Balaban J connectivity index is 3.64. The van der Waals surface area contributed by atoms with Crippen LogP contribution in [0.1, 0.15) is 27.2 Å². The Hall–Kier alpha value is -1.10. The molecule has 0 fully saturated rings. The highest BCUT2D eigenvalue weighted by molar-refractivity contribution is 5.84. The van der Waals surface area contributed by atoms with Crippen LogP contribution >= 0.6 is 0 Å². The monoisotopic (exact) mass is 229 g/mol. The molecule has 0 saturated carbocycles. The van der Waals surface area contributed by atoms with Crippen LogP contribution in [0.2, 0.25) is 0 Å². The zero-order valence-electron chi connectivity index (χ0n) is 10.9. The number of carbonyl (C=O) groups excluding carboxylic acids is 2. The Morgan fingerprint density at radius 3 is 2.19 bits per heavy atom. The van der Waals surface area contributed by atoms with E-state index in [1.54, 1.807) is 14.1 Å². The number of carbonyl (C=O) groups is 2. The van der Waals surface area contributed by atoms with E-state index in [4.69, 9.17) is 0 Å². The third kappa shape index (κ3) is 8.23. The van der Waals surface area contributed by atoms with Crippen LogP contribution < -0.4 is 10.6 Å². The van der Waals surface area contributed by atoms with Gasteiger partial charge in [-0.2, -0.15) is 0 Å². The predicted molar refractivity (Wildman–Crippen MR) is 64.1 cm³/mol. The molecule has 2 N–H and O–H groups in total. The Morgan fingerprint density at radius 1 is 1.19 bits per heavy atom. The smallest absolute Gasteiger partial charge is 0.241 e. The second kappa shape index (κ2) is 6.48. The largest absolute Gasteiger partial charge is 0.347 e. The molecular weight excluding hydrogens is 206 g/mol. The molecule has 0 spiro atoms. The number of likely N-dealkylation sites (N-methyl/N-ethyl adjacent to an activating group) is 1. The van der Waals surface area contributed by atoms with Gasteiger partial charge in [0.1, 0.15) is 0 Å². The lowest BCUT2D eigenvalue weighted by Crippen LogP contribution is -2.40. The second-order valence-electron chi connectivity index (χ2n) is 4.99. The molecule has 0 heterocycles. The molecule has 0 aliphatic carbocycles. The highest BCUT2D eigenvalue weighted by Crippen LogP contribution is 1.97. The maximum atomic E-state index is 11.3. The van der Waals surface area contributed by atoms with E-state index in [0.29, 0.717) is 13.0 Å². The van der Waals surface area contributed by atoms with E-state index >= 15 is 0 Å². The van der Waals surface area contributed by atoms with Crippen molar-refractivity contribution in [3.05, 3.63) is 0 Å². The van der Waals surface area contributed by atoms with Crippen molar-refractivity contribution in [1.29, 1.82) is 0 Å². The summed E-state index contributed by atoms with van der Waals surface area (Å²) in [6.45, 7) is 6.81. The lowest BCUT2D eigenvalue weighted by atomic mass is 10.1. The van der Waals surface area contributed by atoms with Crippen LogP contribution in [0.15, 0.2) is 0 Å². The molecule has 5 nitrogen and oxygen atoms in total. The number of hydrogen-bond donors (Lipinski definition) is 2. The van der Waals surface area contributed by atoms with Crippen molar-refractivity contribution in [1.82, 2.24) is 15.5 Å². The van der Waals surface area contributed by atoms with Crippen LogP contribution in [0.3, 0.4) is 0 Å². The van der Waals surface area contributed by atoms with Gasteiger partial charge in [0, 0.05) is 32.6 Å². The molecule has 0 aliphatic heterocycles. The first-order chi connectivity index (χ1) is 7.22. The maximum absolute atomic E-state index is 11.3. The van der Waals surface area contributed by atoms with Crippen LogP contribution in [0.4, 0.5) is 0 Å². The predicted octanol–water partition coefficient (Wildman–Crippen LogP) is -0.0310. The lowest BCUT2D eigenvalue weighted by Gasteiger charge is -2.20. The topological polar surface area (TPSA) is 61.4 Å². The van der Waals surface area contributed by atoms with Crippen molar-refractivity contribution < 1.29 is 9.59 Å². The summed E-state index contributed by atoms with van der Waals surface area (Å²) in [6.07, 6.45) is 0.387. The van der Waals surface area contributed by atoms with E-state index in [9.17, 15) is 9.59 Å². The number of nitrogens with one attached hydrogen (secondary N) is 2. The number of nitrogens with zero attached hydrogens (tertiary/aromatic N) is 1. The normalized spacial score (nSPS) is 11.1. The van der Waals surface area contributed by atoms with Crippen LogP contribution in [0, 0.1) is 0 Å². The maximum Gasteiger partial charge on any atom is 0.241 e. The molecule has 0 atom stereocenters. The van der Waals surface area contributed by atoms with Gasteiger partial charge in [0.15, 0.2) is 0 Å². The summed E-state index contributed by atoms with van der Waals surface area (Å²) in [5.41, 5.74) is 0.0136. The Kier molecular flexibility index (Phi) is 6.03. The summed E-state index contributed by atoms with van der Waals surface area (Å²) in [6, 6.07) is 0. The summed E-state index contributed by atoms with van der Waals surface area (Å²) < 4.78 is 0. The Labute approximate surface area is 97.6 Å². The minimum absolute atomic E-state index is 0.0136. The molecule has 0 bridgehead atoms. The Morgan fingerprint density at radius 2 is 1.75 bits per heavy atom. The molecule has 0 aromatic carbocycles. The number of amides is 2. The average molecular weight is 229 g/mol. The minimum Gasteiger partial charge on any atom is -0.347 e. The zero-order chi connectivity index (χ0) is 12.8. The number of hydrogen-bond acceptors (Lipinski definition) is 3. The van der Waals surface area contributed by atoms with E-state index < -0.39 is 0 Å². The van der Waals surface area contributed by atoms with Crippen LogP contribution in [0.25, 0.3) is 0 Å². The van der Waals surface area contributed by atoms with Gasteiger partial charge in [-0.3, -0.25) is 9.59 Å². The van der Waals surface area contributed by atoms with E-state index in [0.717, 1.165) is 0 Å². The van der Waals surface area contributed by atoms with E-state index in [1.807, 2.05) is 20.8 Å². The highest BCUT2D eigenvalue weighted by Gasteiger charge is 2.10. The quantitative estimate of drug-likeness (QED) is 0.696. The summed E-state index contributed by atoms with van der Waals surface area (Å²) in [5.74, 6) is -0.205. The van der Waals surface area contributed by atoms with Crippen molar-refractivity contribution in [2.75, 3.05) is 27.2 Å². The third-order valence-electron chi connectivity index (χ3n) is 1.94. The van der Waals surface area contributed by atoms with E-state index in [1.165, 1.54) is 4.90 Å². The van der Waals surface area contributed by atoms with Crippen LogP contribution in [-0.4, -0.2) is 49.4 Å². The SMILES string of the molecule is CN(C)C(=O)CNC(=O)CCNC(C)(C)C. The van der Waals surface area contributed by atoms with Gasteiger partial charge in [0.2, 0.25) is 11.8 Å². The fourth-order valence-electron chi connectivity index (χ4n) is 0.972. The van der Waals surface area contributed by atoms with Gasteiger partial charge in [-0.25, -0.2) is 0 Å². The molecular formula is C11H23N3O2. The van der Waals surface area contributed by atoms with Gasteiger partial charge in [-0.05, 0) is 20.8 Å². The van der Waals surface area contributed by atoms with Gasteiger partial charge in [-0.1, -0.05) is 0 Å². The molecule has 16 heavy (non-hydrogen) atoms. The van der Waals surface area contributed by atoms with Crippen LogP contribution in [-0.2, 0) is 9.59 Å². The molecule has 94 valence electrons. The minimum atomic E-state index is -0.105. The lowest BCUT2D eigenvalue weighted by molar-refractivity contribution is -0.130. The first-order valence-electron chi connectivity index (χ1n) is 5.44. The molecule has 0 aromatic heterocycles. The van der Waals surface area contributed by atoms with Crippen molar-refractivity contribution in [2.45, 2.75) is 32.7 Å². The van der Waals surface area contributed by atoms with Gasteiger partial charge < -0.3 is 15.5 Å². The molecule has 0 unspecified atom stereocenters. The third-order valence-corrected chi connectivity index (χ3v) is 1.94. The van der Waals surface area contributed by atoms with E-state index in [2.05, 4.69) is 10.6 Å². The molecule has 0 saturated heterocycles. The second-order valence-corrected chi connectivity index (χ2v) is 4.99. The standard InChI is InChI=1S/C11H23N3O2/c1-11(2,3)13-7-6-9(15)12-8-10(16)14(4)5/h13H,6-8H2,1-5H3,(H,12,15). The summed E-state index contributed by atoms with van der Waals surface area (Å²) in [4.78, 5) is 24.0. The summed E-state index contributed by atoms with van der Waals surface area (Å²) in [7, 11) is 3.32. The fourth-order valence-corrected chi connectivity index (χ4v) is 0.972. The first kappa shape index (κ1) is 14.9. The fraction of sp³-hybridized carbons (Fsp3) is 0.818. The molecule has 0 aliphatic rings. The van der Waals surface area contributed by atoms with Crippen molar-refractivity contribution in [3.63, 3.8) is 0 Å². The highest BCUT2D eigenvalue weighted by atomic mass is 16.2. The molecule has 5 heteroatoms. The molecule has 0 rings (SSSR count). The summed E-state index contributed by atoms with van der Waals surface area (Å²) in [5, 5.41) is 5.79. The molecule has 0 aromatic rings. The first-order valence-corrected chi connectivity index (χ1v) is 5.44. The number of rotatable bonds is 5. The van der Waals surface area contributed by atoms with Crippen molar-refractivity contribution in [3.8, 4) is 0 Å². The average Bonchev–Trinajstić information content (AvgIpc) is 2.11. The van der Waals surface area contributed by atoms with Gasteiger partial charge >= 0.3 is 0 Å². The zero-order valence-corrected chi connectivity index (χ0v) is 10.9. The van der Waals surface area contributed by atoms with Gasteiger partial charge in [0.25, 0.3) is 0 Å².